The fraction of sp³-hybridized carbons (Fsp3) is 0.381. The number of thiophene rings is 1. The lowest BCUT2D eigenvalue weighted by Gasteiger charge is -2.28. The molecule has 1 amide bonds. The van der Waals surface area contributed by atoms with Crippen LogP contribution >= 0.6 is 11.3 Å². The predicted octanol–water partition coefficient (Wildman–Crippen LogP) is 2.80. The van der Waals surface area contributed by atoms with Crippen molar-refractivity contribution in [1.82, 2.24) is 19.8 Å². The molecule has 0 spiro atoms. The second-order valence-corrected chi connectivity index (χ2v) is 8.00. The summed E-state index contributed by atoms with van der Waals surface area (Å²) in [6, 6.07) is 12.3. The summed E-state index contributed by atoms with van der Waals surface area (Å²) in [4.78, 5) is 32.3. The summed E-state index contributed by atoms with van der Waals surface area (Å²) in [5.41, 5.74) is 1.14. The highest BCUT2D eigenvalue weighted by atomic mass is 32.1. The summed E-state index contributed by atoms with van der Waals surface area (Å²) in [6.07, 6.45) is 4.21. The van der Waals surface area contributed by atoms with Crippen LogP contribution in [0.15, 0.2) is 52.9 Å². The van der Waals surface area contributed by atoms with Gasteiger partial charge in [0.15, 0.2) is 0 Å². The second-order valence-electron chi connectivity index (χ2n) is 7.11. The minimum atomic E-state index is -0.0849. The zero-order valence-corrected chi connectivity index (χ0v) is 16.5. The molecule has 1 atom stereocenters. The number of aromatic nitrogens is 2. The van der Waals surface area contributed by atoms with Gasteiger partial charge in [-0.3, -0.25) is 19.1 Å². The topological polar surface area (TPSA) is 67.2 Å². The van der Waals surface area contributed by atoms with Crippen LogP contribution < -0.4 is 10.9 Å². The van der Waals surface area contributed by atoms with Gasteiger partial charge in [-0.25, -0.2) is 4.98 Å². The molecule has 3 aromatic rings. The highest BCUT2D eigenvalue weighted by Crippen LogP contribution is 2.24. The summed E-state index contributed by atoms with van der Waals surface area (Å²) in [6.45, 7) is 3.05. The SMILES string of the molecule is O=C(CCn1cnc2sccc2c1=O)NC[C@H](c1ccccc1)N1CCCC1. The lowest BCUT2D eigenvalue weighted by molar-refractivity contribution is -0.121. The Kier molecular flexibility index (Phi) is 5.83. The van der Waals surface area contributed by atoms with Crippen LogP contribution in [-0.4, -0.2) is 40.0 Å². The number of likely N-dealkylation sites (tertiary alicyclic amines) is 1. The number of carbonyl (C=O) groups excluding carboxylic acids is 1. The second kappa shape index (κ2) is 8.67. The molecular weight excluding hydrogens is 372 g/mol. The Hall–Kier alpha value is -2.51. The first-order chi connectivity index (χ1) is 13.7. The normalized spacial score (nSPS) is 15.7. The number of nitrogens with one attached hydrogen (secondary N) is 1. The van der Waals surface area contributed by atoms with Crippen molar-refractivity contribution in [2.75, 3.05) is 19.6 Å². The van der Waals surface area contributed by atoms with Crippen LogP contribution in [-0.2, 0) is 11.3 Å². The minimum absolute atomic E-state index is 0.0440. The first-order valence-corrected chi connectivity index (χ1v) is 10.6. The summed E-state index contributed by atoms with van der Waals surface area (Å²) in [5, 5.41) is 5.54. The third-order valence-corrected chi connectivity index (χ3v) is 6.11. The third-order valence-electron chi connectivity index (χ3n) is 5.29. The Balaban J connectivity index is 1.37. The molecule has 3 heterocycles. The summed E-state index contributed by atoms with van der Waals surface area (Å²) < 4.78 is 1.52. The highest BCUT2D eigenvalue weighted by molar-refractivity contribution is 7.16. The van der Waals surface area contributed by atoms with E-state index >= 15 is 0 Å². The Morgan fingerprint density at radius 3 is 2.75 bits per heavy atom. The summed E-state index contributed by atoms with van der Waals surface area (Å²) >= 11 is 1.45. The van der Waals surface area contributed by atoms with E-state index in [1.54, 1.807) is 6.07 Å². The number of aryl methyl sites for hydroxylation is 1. The van der Waals surface area contributed by atoms with Crippen molar-refractivity contribution in [3.63, 3.8) is 0 Å². The van der Waals surface area contributed by atoms with E-state index in [1.807, 2.05) is 23.6 Å². The summed E-state index contributed by atoms with van der Waals surface area (Å²) in [5.74, 6) is -0.0440. The lowest BCUT2D eigenvalue weighted by Crippen LogP contribution is -2.37. The standard InChI is InChI=1S/C21H24N4O2S/c26-19(8-12-25-15-23-20-17(21(25)27)9-13-28-20)22-14-18(24-10-4-5-11-24)16-6-2-1-3-7-16/h1-3,6-7,9,13,15,18H,4-5,8,10-12,14H2,(H,22,26)/t18-/m1/s1. The number of amides is 1. The molecule has 0 radical (unpaired) electrons. The van der Waals surface area contributed by atoms with Gasteiger partial charge in [-0.2, -0.15) is 0 Å². The van der Waals surface area contributed by atoms with Crippen molar-refractivity contribution >= 4 is 27.5 Å². The van der Waals surface area contributed by atoms with Gasteiger partial charge in [0.05, 0.1) is 17.8 Å². The molecule has 6 nitrogen and oxygen atoms in total. The average Bonchev–Trinajstić information content (AvgIpc) is 3.41. The molecule has 1 aliphatic rings. The fourth-order valence-corrected chi connectivity index (χ4v) is 4.48. The molecule has 0 unspecified atom stereocenters. The maximum absolute atomic E-state index is 12.4. The number of carbonyl (C=O) groups is 1. The van der Waals surface area contributed by atoms with Crippen LogP contribution in [0.2, 0.25) is 0 Å². The van der Waals surface area contributed by atoms with E-state index in [9.17, 15) is 9.59 Å². The molecule has 2 aromatic heterocycles. The van der Waals surface area contributed by atoms with Crippen molar-refractivity contribution in [1.29, 1.82) is 0 Å². The van der Waals surface area contributed by atoms with Crippen molar-refractivity contribution < 1.29 is 4.79 Å². The molecule has 1 fully saturated rings. The smallest absolute Gasteiger partial charge is 0.262 e. The number of nitrogens with zero attached hydrogens (tertiary/aromatic N) is 3. The Bertz CT molecular complexity index is 992. The monoisotopic (exact) mass is 396 g/mol. The number of benzene rings is 1. The number of fused-ring (bicyclic) bond motifs is 1. The van der Waals surface area contributed by atoms with Gasteiger partial charge in [0, 0.05) is 19.5 Å². The molecule has 0 saturated carbocycles. The molecule has 146 valence electrons. The zero-order chi connectivity index (χ0) is 19.3. The molecule has 1 aliphatic heterocycles. The van der Waals surface area contributed by atoms with Gasteiger partial charge in [-0.05, 0) is 42.9 Å². The highest BCUT2D eigenvalue weighted by Gasteiger charge is 2.23. The van der Waals surface area contributed by atoms with Gasteiger partial charge in [-0.15, -0.1) is 11.3 Å². The van der Waals surface area contributed by atoms with Gasteiger partial charge >= 0.3 is 0 Å². The van der Waals surface area contributed by atoms with E-state index in [2.05, 4.69) is 27.3 Å². The van der Waals surface area contributed by atoms with Crippen LogP contribution in [0.4, 0.5) is 0 Å². The van der Waals surface area contributed by atoms with Gasteiger partial charge in [0.1, 0.15) is 4.83 Å². The molecule has 4 rings (SSSR count). The van der Waals surface area contributed by atoms with Crippen molar-refractivity contribution in [2.24, 2.45) is 0 Å². The van der Waals surface area contributed by atoms with E-state index in [1.165, 1.54) is 40.6 Å². The van der Waals surface area contributed by atoms with E-state index in [-0.39, 0.29) is 23.9 Å². The van der Waals surface area contributed by atoms with Crippen molar-refractivity contribution in [3.8, 4) is 0 Å². The summed E-state index contributed by atoms with van der Waals surface area (Å²) in [7, 11) is 0. The first kappa shape index (κ1) is 18.8. The van der Waals surface area contributed by atoms with Crippen molar-refractivity contribution in [2.45, 2.75) is 31.8 Å². The average molecular weight is 397 g/mol. The molecule has 1 N–H and O–H groups in total. The van der Waals surface area contributed by atoms with E-state index in [0.717, 1.165) is 17.9 Å². The number of hydrogen-bond donors (Lipinski definition) is 1. The number of rotatable bonds is 7. The third kappa shape index (κ3) is 4.15. The van der Waals surface area contributed by atoms with E-state index in [4.69, 9.17) is 0 Å². The van der Waals surface area contributed by atoms with E-state index < -0.39 is 0 Å². The molecule has 0 bridgehead atoms. The zero-order valence-electron chi connectivity index (χ0n) is 15.7. The molecule has 0 aliphatic carbocycles. The predicted molar refractivity (Wildman–Crippen MR) is 111 cm³/mol. The van der Waals surface area contributed by atoms with Crippen molar-refractivity contribution in [3.05, 3.63) is 64.0 Å². The first-order valence-electron chi connectivity index (χ1n) is 9.71. The minimum Gasteiger partial charge on any atom is -0.354 e. The van der Waals surface area contributed by atoms with Gasteiger partial charge in [0.25, 0.3) is 5.56 Å². The van der Waals surface area contributed by atoms with Gasteiger partial charge in [0.2, 0.25) is 5.91 Å². The van der Waals surface area contributed by atoms with Gasteiger partial charge in [-0.1, -0.05) is 30.3 Å². The van der Waals surface area contributed by atoms with Crippen LogP contribution in [0, 0.1) is 0 Å². The molecule has 28 heavy (non-hydrogen) atoms. The molecular formula is C21H24N4O2S. The lowest BCUT2D eigenvalue weighted by atomic mass is 10.1. The van der Waals surface area contributed by atoms with Crippen LogP contribution in [0.5, 0.6) is 0 Å². The quantitative estimate of drug-likeness (QED) is 0.667. The van der Waals surface area contributed by atoms with E-state index in [0.29, 0.717) is 18.5 Å². The molecule has 1 saturated heterocycles. The van der Waals surface area contributed by atoms with Gasteiger partial charge < -0.3 is 5.32 Å². The van der Waals surface area contributed by atoms with Crippen LogP contribution in [0.1, 0.15) is 30.9 Å². The number of hydrogen-bond acceptors (Lipinski definition) is 5. The van der Waals surface area contributed by atoms with Crippen LogP contribution in [0.25, 0.3) is 10.2 Å². The van der Waals surface area contributed by atoms with Crippen LogP contribution in [0.3, 0.4) is 0 Å². The maximum atomic E-state index is 12.4. The Morgan fingerprint density at radius 1 is 1.18 bits per heavy atom. The largest absolute Gasteiger partial charge is 0.354 e. The molecule has 1 aromatic carbocycles. The molecule has 7 heteroatoms. The Labute approximate surface area is 167 Å². The Morgan fingerprint density at radius 2 is 1.96 bits per heavy atom. The fourth-order valence-electron chi connectivity index (χ4n) is 3.76. The maximum Gasteiger partial charge on any atom is 0.262 e.